The second kappa shape index (κ2) is 5.94. The van der Waals surface area contributed by atoms with Crippen LogP contribution < -0.4 is 10.6 Å². The van der Waals surface area contributed by atoms with Crippen LogP contribution in [0.3, 0.4) is 0 Å². The third kappa shape index (κ3) is 3.10. The van der Waals surface area contributed by atoms with Crippen LogP contribution in [0.5, 0.6) is 0 Å². The summed E-state index contributed by atoms with van der Waals surface area (Å²) in [6.45, 7) is 2.05. The second-order valence-corrected chi connectivity index (χ2v) is 5.27. The number of rotatable bonds is 4. The van der Waals surface area contributed by atoms with Crippen molar-refractivity contribution in [1.82, 2.24) is 10.2 Å². The monoisotopic (exact) mass is 272 g/mol. The Balaban J connectivity index is 1.59. The van der Waals surface area contributed by atoms with E-state index >= 15 is 0 Å². The first-order valence-electron chi connectivity index (χ1n) is 7.23. The van der Waals surface area contributed by atoms with Crippen LogP contribution >= 0.6 is 0 Å². The topological polar surface area (TPSA) is 68.2 Å². The van der Waals surface area contributed by atoms with E-state index in [-0.39, 0.29) is 0 Å². The molecule has 0 atom stereocenters. The summed E-state index contributed by atoms with van der Waals surface area (Å²) in [5.41, 5.74) is 7.76. The molecule has 3 rings (SSSR count). The third-order valence-corrected chi connectivity index (χ3v) is 3.66. The molecule has 1 aliphatic rings. The number of hydrogen-bond donors (Lipinski definition) is 1. The summed E-state index contributed by atoms with van der Waals surface area (Å²) in [5, 5.41) is 8.29. The van der Waals surface area contributed by atoms with Crippen LogP contribution in [-0.2, 0) is 12.8 Å². The minimum absolute atomic E-state index is 0.673. The lowest BCUT2D eigenvalue weighted by Crippen LogP contribution is -2.29. The molecule has 1 aromatic heterocycles. The lowest BCUT2D eigenvalue weighted by atomic mass is 10.1. The van der Waals surface area contributed by atoms with E-state index in [1.807, 2.05) is 18.2 Å². The molecule has 0 unspecified atom stereocenters. The molecule has 5 nitrogen and oxygen atoms in total. The number of nitrogens with zero attached hydrogens (tertiary/aromatic N) is 3. The van der Waals surface area contributed by atoms with Gasteiger partial charge in [0.1, 0.15) is 0 Å². The zero-order valence-electron chi connectivity index (χ0n) is 11.6. The van der Waals surface area contributed by atoms with Gasteiger partial charge >= 0.3 is 6.01 Å². The zero-order valence-corrected chi connectivity index (χ0v) is 11.6. The van der Waals surface area contributed by atoms with Crippen LogP contribution in [0.4, 0.5) is 11.7 Å². The number of aromatic nitrogens is 2. The van der Waals surface area contributed by atoms with E-state index in [2.05, 4.69) is 21.2 Å². The Kier molecular flexibility index (Phi) is 3.85. The molecule has 20 heavy (non-hydrogen) atoms. The van der Waals surface area contributed by atoms with Gasteiger partial charge in [0.25, 0.3) is 0 Å². The van der Waals surface area contributed by atoms with E-state index in [1.165, 1.54) is 24.8 Å². The summed E-state index contributed by atoms with van der Waals surface area (Å²) >= 11 is 0. The van der Waals surface area contributed by atoms with Gasteiger partial charge in [-0.25, -0.2) is 0 Å². The number of benzene rings is 1. The Morgan fingerprint density at radius 3 is 2.75 bits per heavy atom. The second-order valence-electron chi connectivity index (χ2n) is 5.27. The van der Waals surface area contributed by atoms with Crippen LogP contribution in [0, 0.1) is 0 Å². The fourth-order valence-electron chi connectivity index (χ4n) is 2.56. The molecule has 0 radical (unpaired) electrons. The number of nitrogens with two attached hydrogens (primary N) is 1. The maximum atomic E-state index is 5.77. The highest BCUT2D eigenvalue weighted by Crippen LogP contribution is 2.19. The summed E-state index contributed by atoms with van der Waals surface area (Å²) in [6.07, 6.45) is 5.34. The average molecular weight is 272 g/mol. The predicted molar refractivity (Wildman–Crippen MR) is 78.6 cm³/mol. The van der Waals surface area contributed by atoms with Crippen molar-refractivity contribution in [2.45, 2.75) is 32.1 Å². The molecule has 2 heterocycles. The molecule has 0 bridgehead atoms. The minimum atomic E-state index is 0.673. The van der Waals surface area contributed by atoms with Gasteiger partial charge < -0.3 is 15.1 Å². The first kappa shape index (κ1) is 13.0. The van der Waals surface area contributed by atoms with E-state index in [0.717, 1.165) is 31.6 Å². The Labute approximate surface area is 118 Å². The van der Waals surface area contributed by atoms with Gasteiger partial charge in [0.05, 0.1) is 0 Å². The van der Waals surface area contributed by atoms with Gasteiger partial charge in [-0.15, -0.1) is 5.10 Å². The quantitative estimate of drug-likeness (QED) is 0.866. The third-order valence-electron chi connectivity index (χ3n) is 3.66. The maximum absolute atomic E-state index is 5.77. The zero-order chi connectivity index (χ0) is 13.8. The van der Waals surface area contributed by atoms with Gasteiger partial charge in [0.2, 0.25) is 5.89 Å². The summed E-state index contributed by atoms with van der Waals surface area (Å²) in [6, 6.07) is 8.59. The normalized spacial score (nSPS) is 15.5. The van der Waals surface area contributed by atoms with E-state index in [4.69, 9.17) is 10.2 Å². The fraction of sp³-hybridized carbons (Fsp3) is 0.467. The van der Waals surface area contributed by atoms with Gasteiger partial charge in [0, 0.05) is 25.2 Å². The van der Waals surface area contributed by atoms with Gasteiger partial charge in [-0.2, -0.15) is 0 Å². The van der Waals surface area contributed by atoms with E-state index < -0.39 is 0 Å². The van der Waals surface area contributed by atoms with Crippen molar-refractivity contribution in [3.05, 3.63) is 35.7 Å². The van der Waals surface area contributed by atoms with Crippen molar-refractivity contribution >= 4 is 11.7 Å². The molecule has 1 fully saturated rings. The number of hydrogen-bond acceptors (Lipinski definition) is 5. The molecular formula is C15H20N4O. The van der Waals surface area contributed by atoms with Crippen LogP contribution in [0.2, 0.25) is 0 Å². The molecule has 5 heteroatoms. The number of aryl methyl sites for hydroxylation is 2. The first-order valence-corrected chi connectivity index (χ1v) is 7.23. The van der Waals surface area contributed by atoms with E-state index in [9.17, 15) is 0 Å². The average Bonchev–Trinajstić information content (AvgIpc) is 2.95. The van der Waals surface area contributed by atoms with Crippen molar-refractivity contribution in [2.75, 3.05) is 23.7 Å². The highest BCUT2D eigenvalue weighted by Gasteiger charge is 2.16. The van der Waals surface area contributed by atoms with E-state index in [0.29, 0.717) is 11.9 Å². The Morgan fingerprint density at radius 1 is 1.10 bits per heavy atom. The predicted octanol–water partition coefficient (Wildman–Crippen LogP) is 2.43. The van der Waals surface area contributed by atoms with Gasteiger partial charge in [0.15, 0.2) is 0 Å². The highest BCUT2D eigenvalue weighted by molar-refractivity contribution is 5.40. The smallest absolute Gasteiger partial charge is 0.318 e. The van der Waals surface area contributed by atoms with Crippen molar-refractivity contribution in [1.29, 1.82) is 0 Å². The van der Waals surface area contributed by atoms with Crippen molar-refractivity contribution in [2.24, 2.45) is 0 Å². The van der Waals surface area contributed by atoms with Crippen LogP contribution in [0.25, 0.3) is 0 Å². The largest absolute Gasteiger partial charge is 0.408 e. The molecule has 1 saturated heterocycles. The molecule has 0 saturated carbocycles. The number of piperidine rings is 1. The molecule has 1 aromatic carbocycles. The minimum Gasteiger partial charge on any atom is -0.408 e. The fourth-order valence-corrected chi connectivity index (χ4v) is 2.56. The van der Waals surface area contributed by atoms with Crippen LogP contribution in [0.1, 0.15) is 30.7 Å². The highest BCUT2D eigenvalue weighted by atomic mass is 16.4. The van der Waals surface area contributed by atoms with Gasteiger partial charge in [-0.05, 0) is 43.4 Å². The van der Waals surface area contributed by atoms with E-state index in [1.54, 1.807) is 0 Å². The molecule has 2 N–H and O–H groups in total. The van der Waals surface area contributed by atoms with Crippen molar-refractivity contribution < 1.29 is 4.42 Å². The Morgan fingerprint density at radius 2 is 1.95 bits per heavy atom. The lowest BCUT2D eigenvalue weighted by molar-refractivity contribution is 0.460. The molecule has 0 spiro atoms. The molecule has 1 aliphatic heterocycles. The summed E-state index contributed by atoms with van der Waals surface area (Å²) in [7, 11) is 0. The molecule has 106 valence electrons. The van der Waals surface area contributed by atoms with Gasteiger partial charge in [-0.1, -0.05) is 17.2 Å². The lowest BCUT2D eigenvalue weighted by Gasteiger charge is -2.24. The maximum Gasteiger partial charge on any atom is 0.318 e. The first-order chi connectivity index (χ1) is 9.81. The van der Waals surface area contributed by atoms with Gasteiger partial charge in [-0.3, -0.25) is 0 Å². The molecular weight excluding hydrogens is 252 g/mol. The number of anilines is 2. The summed E-state index contributed by atoms with van der Waals surface area (Å²) in [5.74, 6) is 0.702. The van der Waals surface area contributed by atoms with Crippen LogP contribution in [-0.4, -0.2) is 23.3 Å². The summed E-state index contributed by atoms with van der Waals surface area (Å²) in [4.78, 5) is 2.18. The molecule has 0 amide bonds. The molecule has 0 aliphatic carbocycles. The number of nitrogen functional groups attached to an aromatic ring is 1. The Bertz CT molecular complexity index is 561. The standard InChI is InChI=1S/C15H20N4O/c16-13-6-4-5-12(11-13)7-8-14-17-18-15(20-14)19-9-2-1-3-10-19/h4-6,11H,1-3,7-10,16H2. The van der Waals surface area contributed by atoms with Crippen LogP contribution in [0.15, 0.2) is 28.7 Å². The summed E-state index contributed by atoms with van der Waals surface area (Å²) < 4.78 is 5.75. The SMILES string of the molecule is Nc1cccc(CCc2nnc(N3CCCCC3)o2)c1. The van der Waals surface area contributed by atoms with Crippen molar-refractivity contribution in [3.8, 4) is 0 Å². The molecule has 2 aromatic rings. The van der Waals surface area contributed by atoms with Crippen molar-refractivity contribution in [3.63, 3.8) is 0 Å². The Hall–Kier alpha value is -2.04.